The monoisotopic (exact) mass is 368 g/mol. The van der Waals surface area contributed by atoms with E-state index in [9.17, 15) is 14.4 Å². The Kier molecular flexibility index (Phi) is 9.46. The molecule has 0 saturated heterocycles. The molecule has 7 nitrogen and oxygen atoms in total. The molecular formula is C17H24N2O5S. The normalized spacial score (nSPS) is 11.3. The lowest BCUT2D eigenvalue weighted by atomic mass is 10.2. The molecule has 0 aromatic heterocycles. The van der Waals surface area contributed by atoms with E-state index in [0.29, 0.717) is 17.7 Å². The van der Waals surface area contributed by atoms with Gasteiger partial charge in [0.15, 0.2) is 0 Å². The minimum Gasteiger partial charge on any atom is -0.497 e. The molecule has 0 aliphatic heterocycles. The molecule has 1 rings (SSSR count). The second-order valence-electron chi connectivity index (χ2n) is 5.16. The van der Waals surface area contributed by atoms with Crippen LogP contribution in [0.2, 0.25) is 0 Å². The highest BCUT2D eigenvalue weighted by Crippen LogP contribution is 2.12. The number of nitrogens with one attached hydrogen (secondary N) is 2. The van der Waals surface area contributed by atoms with Crippen LogP contribution in [0.3, 0.4) is 0 Å². The number of hydrogen-bond acceptors (Lipinski definition) is 6. The second-order valence-corrected chi connectivity index (χ2v) is 6.15. The largest absolute Gasteiger partial charge is 0.497 e. The van der Waals surface area contributed by atoms with Crippen molar-refractivity contribution in [3.63, 3.8) is 0 Å². The zero-order valence-electron chi connectivity index (χ0n) is 14.7. The van der Waals surface area contributed by atoms with Crippen LogP contribution in [-0.2, 0) is 14.3 Å². The number of carbonyl (C=O) groups is 3. The first-order chi connectivity index (χ1) is 12.0. The first kappa shape index (κ1) is 20.8. The number of benzene rings is 1. The zero-order chi connectivity index (χ0) is 18.7. The second kappa shape index (κ2) is 11.4. The lowest BCUT2D eigenvalue weighted by molar-refractivity contribution is -0.145. The number of thioether (sulfide) groups is 1. The van der Waals surface area contributed by atoms with Crippen LogP contribution in [-0.4, -0.2) is 56.6 Å². The van der Waals surface area contributed by atoms with Crippen molar-refractivity contribution in [1.82, 2.24) is 10.6 Å². The summed E-state index contributed by atoms with van der Waals surface area (Å²) in [5.74, 6) is 0.232. The summed E-state index contributed by atoms with van der Waals surface area (Å²) in [7, 11) is 2.81. The lowest BCUT2D eigenvalue weighted by Crippen LogP contribution is -2.43. The van der Waals surface area contributed by atoms with Gasteiger partial charge in [-0.3, -0.25) is 9.59 Å². The predicted octanol–water partition coefficient (Wildman–Crippen LogP) is 1.23. The van der Waals surface area contributed by atoms with Gasteiger partial charge in [-0.15, -0.1) is 0 Å². The van der Waals surface area contributed by atoms with Crippen molar-refractivity contribution < 1.29 is 23.9 Å². The molecule has 1 atom stereocenters. The quantitative estimate of drug-likeness (QED) is 0.603. The maximum atomic E-state index is 12.0. The fraction of sp³-hybridized carbons (Fsp3) is 0.471. The summed E-state index contributed by atoms with van der Waals surface area (Å²) in [4.78, 5) is 35.6. The van der Waals surface area contributed by atoms with Crippen LogP contribution in [0.1, 0.15) is 23.2 Å². The van der Waals surface area contributed by atoms with Gasteiger partial charge in [0, 0.05) is 18.5 Å². The number of methoxy groups -OCH3 is 2. The molecule has 0 heterocycles. The van der Waals surface area contributed by atoms with Crippen LogP contribution < -0.4 is 15.4 Å². The number of esters is 1. The van der Waals surface area contributed by atoms with Crippen molar-refractivity contribution in [1.29, 1.82) is 0 Å². The molecule has 0 radical (unpaired) electrons. The van der Waals surface area contributed by atoms with Crippen LogP contribution >= 0.6 is 11.8 Å². The van der Waals surface area contributed by atoms with Crippen molar-refractivity contribution in [3.8, 4) is 5.75 Å². The smallest absolute Gasteiger partial charge is 0.328 e. The first-order valence-electron chi connectivity index (χ1n) is 7.80. The van der Waals surface area contributed by atoms with Crippen LogP contribution in [0.4, 0.5) is 0 Å². The molecule has 138 valence electrons. The van der Waals surface area contributed by atoms with Gasteiger partial charge in [-0.2, -0.15) is 11.8 Å². The Labute approximate surface area is 151 Å². The van der Waals surface area contributed by atoms with Gasteiger partial charge in [0.05, 0.1) is 14.2 Å². The highest BCUT2D eigenvalue weighted by Gasteiger charge is 2.20. The number of ether oxygens (including phenoxy) is 2. The van der Waals surface area contributed by atoms with Crippen LogP contribution in [0, 0.1) is 0 Å². The zero-order valence-corrected chi connectivity index (χ0v) is 15.5. The molecule has 1 aromatic carbocycles. The summed E-state index contributed by atoms with van der Waals surface area (Å²) in [5.41, 5.74) is 0.451. The fourth-order valence-electron chi connectivity index (χ4n) is 2.05. The summed E-state index contributed by atoms with van der Waals surface area (Å²) in [5, 5.41) is 5.30. The molecule has 1 aromatic rings. The van der Waals surface area contributed by atoms with Crippen molar-refractivity contribution in [2.75, 3.05) is 32.8 Å². The first-order valence-corrected chi connectivity index (χ1v) is 9.19. The molecule has 25 heavy (non-hydrogen) atoms. The van der Waals surface area contributed by atoms with Gasteiger partial charge in [0.1, 0.15) is 11.8 Å². The predicted molar refractivity (Wildman–Crippen MR) is 96.9 cm³/mol. The Balaban J connectivity index is 2.44. The molecule has 1 unspecified atom stereocenters. The van der Waals surface area contributed by atoms with Gasteiger partial charge in [0.25, 0.3) is 5.91 Å². The number of hydrogen-bond donors (Lipinski definition) is 2. The van der Waals surface area contributed by atoms with Gasteiger partial charge in [0.2, 0.25) is 5.91 Å². The van der Waals surface area contributed by atoms with E-state index in [2.05, 4.69) is 15.4 Å². The van der Waals surface area contributed by atoms with Crippen molar-refractivity contribution >= 4 is 29.5 Å². The standard InChI is InChI=1S/C17H24N2O5S/c1-23-13-6-4-5-12(11-13)16(21)18-9-7-15(20)19-14(8-10-25-3)17(22)24-2/h4-6,11,14H,7-10H2,1-3H3,(H,18,21)(H,19,20). The SMILES string of the molecule is COC(=O)C(CCSC)NC(=O)CCNC(=O)c1cccc(OC)c1. The van der Waals surface area contributed by atoms with E-state index in [-0.39, 0.29) is 24.8 Å². The van der Waals surface area contributed by atoms with Crippen molar-refractivity contribution in [3.05, 3.63) is 29.8 Å². The minimum absolute atomic E-state index is 0.0719. The average molecular weight is 368 g/mol. The number of rotatable bonds is 10. The van der Waals surface area contributed by atoms with E-state index >= 15 is 0 Å². The summed E-state index contributed by atoms with van der Waals surface area (Å²) in [6.07, 6.45) is 2.49. The Hall–Kier alpha value is -2.22. The van der Waals surface area contributed by atoms with Crippen LogP contribution in [0.5, 0.6) is 5.75 Å². The Morgan fingerprint density at radius 3 is 2.64 bits per heavy atom. The Bertz CT molecular complexity index is 594. The molecule has 0 spiro atoms. The topological polar surface area (TPSA) is 93.7 Å². The summed E-state index contributed by atoms with van der Waals surface area (Å²) in [6, 6.07) is 6.07. The molecule has 0 fully saturated rings. The third-order valence-electron chi connectivity index (χ3n) is 3.40. The molecule has 2 N–H and O–H groups in total. The van der Waals surface area contributed by atoms with E-state index < -0.39 is 12.0 Å². The Morgan fingerprint density at radius 1 is 1.24 bits per heavy atom. The van der Waals surface area contributed by atoms with Crippen molar-refractivity contribution in [2.24, 2.45) is 0 Å². The fourth-order valence-corrected chi connectivity index (χ4v) is 2.52. The summed E-state index contributed by atoms with van der Waals surface area (Å²) < 4.78 is 9.76. The maximum absolute atomic E-state index is 12.0. The summed E-state index contributed by atoms with van der Waals surface area (Å²) in [6.45, 7) is 0.165. The summed E-state index contributed by atoms with van der Waals surface area (Å²) >= 11 is 1.58. The van der Waals surface area contributed by atoms with Gasteiger partial charge in [-0.05, 0) is 36.6 Å². The third-order valence-corrected chi connectivity index (χ3v) is 4.05. The molecular weight excluding hydrogens is 344 g/mol. The molecule has 0 bridgehead atoms. The lowest BCUT2D eigenvalue weighted by Gasteiger charge is -2.16. The maximum Gasteiger partial charge on any atom is 0.328 e. The third kappa shape index (κ3) is 7.47. The minimum atomic E-state index is -0.668. The van der Waals surface area contributed by atoms with Crippen LogP contribution in [0.15, 0.2) is 24.3 Å². The van der Waals surface area contributed by atoms with Crippen LogP contribution in [0.25, 0.3) is 0 Å². The van der Waals surface area contributed by atoms with E-state index in [1.165, 1.54) is 14.2 Å². The number of carbonyl (C=O) groups excluding carboxylic acids is 3. The molecule has 0 aliphatic carbocycles. The molecule has 0 aliphatic rings. The molecule has 0 saturated carbocycles. The van der Waals surface area contributed by atoms with E-state index in [4.69, 9.17) is 4.74 Å². The van der Waals surface area contributed by atoms with Gasteiger partial charge in [-0.25, -0.2) is 4.79 Å². The highest BCUT2D eigenvalue weighted by atomic mass is 32.2. The highest BCUT2D eigenvalue weighted by molar-refractivity contribution is 7.98. The van der Waals surface area contributed by atoms with E-state index in [1.807, 2.05) is 6.26 Å². The van der Waals surface area contributed by atoms with Gasteiger partial charge < -0.3 is 20.1 Å². The number of amides is 2. The van der Waals surface area contributed by atoms with E-state index in [0.717, 1.165) is 5.75 Å². The Morgan fingerprint density at radius 2 is 2.00 bits per heavy atom. The van der Waals surface area contributed by atoms with Gasteiger partial charge >= 0.3 is 5.97 Å². The van der Waals surface area contributed by atoms with E-state index in [1.54, 1.807) is 36.0 Å². The van der Waals surface area contributed by atoms with Crippen molar-refractivity contribution in [2.45, 2.75) is 18.9 Å². The molecule has 8 heteroatoms. The van der Waals surface area contributed by atoms with Gasteiger partial charge in [-0.1, -0.05) is 6.07 Å². The molecule has 2 amide bonds. The average Bonchev–Trinajstić information content (AvgIpc) is 2.64.